The first-order chi connectivity index (χ1) is 11.4. The zero-order valence-electron chi connectivity index (χ0n) is 13.9. The Morgan fingerprint density at radius 1 is 1.29 bits per heavy atom. The van der Waals surface area contributed by atoms with Gasteiger partial charge in [0.25, 0.3) is 5.91 Å². The van der Waals surface area contributed by atoms with Crippen LogP contribution in [0, 0.1) is 5.92 Å². The smallest absolute Gasteiger partial charge is 0.319 e. The molecule has 1 saturated heterocycles. The minimum absolute atomic E-state index is 0.0103. The van der Waals surface area contributed by atoms with Crippen molar-refractivity contribution in [2.75, 3.05) is 18.4 Å². The van der Waals surface area contributed by atoms with Crippen molar-refractivity contribution in [1.29, 1.82) is 0 Å². The predicted octanol–water partition coefficient (Wildman–Crippen LogP) is 2.15. The van der Waals surface area contributed by atoms with Gasteiger partial charge >= 0.3 is 12.0 Å². The Morgan fingerprint density at radius 2 is 2.04 bits per heavy atom. The zero-order chi connectivity index (χ0) is 17.7. The van der Waals surface area contributed by atoms with Gasteiger partial charge in [-0.15, -0.1) is 0 Å². The third-order valence-electron chi connectivity index (χ3n) is 3.85. The second-order valence-electron chi connectivity index (χ2n) is 6.26. The van der Waals surface area contributed by atoms with Crippen molar-refractivity contribution in [2.45, 2.75) is 32.7 Å². The fourth-order valence-electron chi connectivity index (χ4n) is 2.71. The lowest BCUT2D eigenvalue weighted by Gasteiger charge is -2.30. The van der Waals surface area contributed by atoms with Crippen molar-refractivity contribution in [2.24, 2.45) is 5.92 Å². The molecule has 1 unspecified atom stereocenters. The molecule has 1 aromatic rings. The van der Waals surface area contributed by atoms with Gasteiger partial charge in [0.15, 0.2) is 0 Å². The number of carbonyl (C=O) groups excluding carboxylic acids is 2. The average Bonchev–Trinajstić information content (AvgIpc) is 2.53. The molecule has 24 heavy (non-hydrogen) atoms. The normalized spacial score (nSPS) is 17.5. The van der Waals surface area contributed by atoms with E-state index in [9.17, 15) is 14.4 Å². The number of benzene rings is 1. The van der Waals surface area contributed by atoms with E-state index in [-0.39, 0.29) is 24.5 Å². The molecule has 3 N–H and O–H groups in total. The maximum absolute atomic E-state index is 12.6. The van der Waals surface area contributed by atoms with Gasteiger partial charge in [0.2, 0.25) is 0 Å². The number of piperidine rings is 1. The van der Waals surface area contributed by atoms with Crippen LogP contribution in [0.1, 0.15) is 37.0 Å². The summed E-state index contributed by atoms with van der Waals surface area (Å²) < 4.78 is 0. The molecule has 7 heteroatoms. The molecule has 0 saturated carbocycles. The van der Waals surface area contributed by atoms with Gasteiger partial charge in [-0.2, -0.15) is 0 Å². The summed E-state index contributed by atoms with van der Waals surface area (Å²) >= 11 is 0. The van der Waals surface area contributed by atoms with Gasteiger partial charge in [0, 0.05) is 30.4 Å². The van der Waals surface area contributed by atoms with Crippen LogP contribution < -0.4 is 10.6 Å². The minimum Gasteiger partial charge on any atom is -0.481 e. The highest BCUT2D eigenvalue weighted by atomic mass is 16.4. The number of aliphatic carboxylic acids is 1. The summed E-state index contributed by atoms with van der Waals surface area (Å²) in [6.07, 6.45) is 1.27. The molecule has 0 spiro atoms. The van der Waals surface area contributed by atoms with E-state index in [4.69, 9.17) is 5.11 Å². The van der Waals surface area contributed by atoms with Crippen molar-refractivity contribution in [3.8, 4) is 0 Å². The van der Waals surface area contributed by atoms with Crippen LogP contribution in [-0.2, 0) is 4.79 Å². The van der Waals surface area contributed by atoms with Gasteiger partial charge in [-0.25, -0.2) is 4.79 Å². The van der Waals surface area contributed by atoms with Gasteiger partial charge in [0.05, 0.1) is 5.92 Å². The summed E-state index contributed by atoms with van der Waals surface area (Å²) in [6.45, 7) is 4.48. The molecule has 1 aromatic carbocycles. The Morgan fingerprint density at radius 3 is 2.71 bits per heavy atom. The van der Waals surface area contributed by atoms with Crippen molar-refractivity contribution in [1.82, 2.24) is 10.2 Å². The third-order valence-corrected chi connectivity index (χ3v) is 3.85. The number of anilines is 1. The van der Waals surface area contributed by atoms with Crippen LogP contribution in [0.25, 0.3) is 0 Å². The lowest BCUT2D eigenvalue weighted by Crippen LogP contribution is -2.42. The number of rotatable bonds is 4. The van der Waals surface area contributed by atoms with Crippen LogP contribution in [0.15, 0.2) is 24.3 Å². The van der Waals surface area contributed by atoms with Gasteiger partial charge in [-0.1, -0.05) is 6.07 Å². The largest absolute Gasteiger partial charge is 0.481 e. The molecule has 0 bridgehead atoms. The second kappa shape index (κ2) is 7.81. The van der Waals surface area contributed by atoms with Gasteiger partial charge in [-0.05, 0) is 44.9 Å². The number of hydrogen-bond acceptors (Lipinski definition) is 3. The molecular formula is C17H23N3O4. The first-order valence-electron chi connectivity index (χ1n) is 8.06. The maximum Gasteiger partial charge on any atom is 0.319 e. The summed E-state index contributed by atoms with van der Waals surface area (Å²) in [5.41, 5.74) is 0.953. The fourth-order valence-corrected chi connectivity index (χ4v) is 2.71. The SMILES string of the molecule is CC(C)NC(=O)Nc1cccc(C(=O)N2CCCC(C(=O)O)C2)c1. The topological polar surface area (TPSA) is 98.7 Å². The van der Waals surface area contributed by atoms with E-state index < -0.39 is 11.9 Å². The summed E-state index contributed by atoms with van der Waals surface area (Å²) in [4.78, 5) is 37.0. The number of amides is 3. The molecule has 1 fully saturated rings. The van der Waals surface area contributed by atoms with E-state index in [1.165, 1.54) is 0 Å². The van der Waals surface area contributed by atoms with Crippen LogP contribution in [0.3, 0.4) is 0 Å². The van der Waals surface area contributed by atoms with E-state index in [1.807, 2.05) is 13.8 Å². The van der Waals surface area contributed by atoms with Gasteiger partial charge in [-0.3, -0.25) is 9.59 Å². The molecule has 1 aliphatic heterocycles. The van der Waals surface area contributed by atoms with Crippen molar-refractivity contribution >= 4 is 23.6 Å². The van der Waals surface area contributed by atoms with Crippen molar-refractivity contribution in [3.05, 3.63) is 29.8 Å². The molecule has 130 valence electrons. The highest BCUT2D eigenvalue weighted by molar-refractivity contribution is 5.97. The summed E-state index contributed by atoms with van der Waals surface area (Å²) in [7, 11) is 0. The third kappa shape index (κ3) is 4.71. The fraction of sp³-hybridized carbons (Fsp3) is 0.471. The molecule has 0 aromatic heterocycles. The Labute approximate surface area is 141 Å². The number of hydrogen-bond donors (Lipinski definition) is 3. The summed E-state index contributed by atoms with van der Waals surface area (Å²) in [6, 6.07) is 6.34. The van der Waals surface area contributed by atoms with Crippen LogP contribution in [0.2, 0.25) is 0 Å². The molecular weight excluding hydrogens is 310 g/mol. The van der Waals surface area contributed by atoms with Crippen LogP contribution in [-0.4, -0.2) is 47.0 Å². The number of carbonyl (C=O) groups is 3. The second-order valence-corrected chi connectivity index (χ2v) is 6.26. The van der Waals surface area contributed by atoms with Crippen molar-refractivity contribution < 1.29 is 19.5 Å². The van der Waals surface area contributed by atoms with E-state index in [2.05, 4.69) is 10.6 Å². The average molecular weight is 333 g/mol. The molecule has 7 nitrogen and oxygen atoms in total. The standard InChI is InChI=1S/C17H23N3O4/c1-11(2)18-17(24)19-14-7-3-5-12(9-14)15(21)20-8-4-6-13(10-20)16(22)23/h3,5,7,9,11,13H,4,6,8,10H2,1-2H3,(H,22,23)(H2,18,19,24). The minimum atomic E-state index is -0.867. The first-order valence-corrected chi connectivity index (χ1v) is 8.06. The van der Waals surface area contributed by atoms with E-state index in [1.54, 1.807) is 29.2 Å². The number of nitrogens with one attached hydrogen (secondary N) is 2. The van der Waals surface area contributed by atoms with Crippen LogP contribution in [0.4, 0.5) is 10.5 Å². The first kappa shape index (κ1) is 17.8. The van der Waals surface area contributed by atoms with E-state index in [0.29, 0.717) is 30.6 Å². The van der Waals surface area contributed by atoms with Crippen molar-refractivity contribution in [3.63, 3.8) is 0 Å². The number of urea groups is 1. The maximum atomic E-state index is 12.6. The summed E-state index contributed by atoms with van der Waals surface area (Å²) in [5.74, 6) is -1.59. The monoisotopic (exact) mass is 333 g/mol. The Kier molecular flexibility index (Phi) is 5.78. The molecule has 3 amide bonds. The predicted molar refractivity (Wildman–Crippen MR) is 90.0 cm³/mol. The molecule has 1 atom stereocenters. The molecule has 0 aliphatic carbocycles. The number of likely N-dealkylation sites (tertiary alicyclic amines) is 1. The Hall–Kier alpha value is -2.57. The molecule has 1 aliphatic rings. The number of nitrogens with zero attached hydrogens (tertiary/aromatic N) is 1. The Bertz CT molecular complexity index is 630. The van der Waals surface area contributed by atoms with Gasteiger partial charge < -0.3 is 20.6 Å². The summed E-state index contributed by atoms with van der Waals surface area (Å²) in [5, 5.41) is 14.5. The van der Waals surface area contributed by atoms with E-state index >= 15 is 0 Å². The van der Waals surface area contributed by atoms with Crippen LogP contribution >= 0.6 is 0 Å². The van der Waals surface area contributed by atoms with Crippen LogP contribution in [0.5, 0.6) is 0 Å². The number of carboxylic acids is 1. The lowest BCUT2D eigenvalue weighted by atomic mass is 9.97. The molecule has 0 radical (unpaired) electrons. The molecule has 2 rings (SSSR count). The molecule has 1 heterocycles. The highest BCUT2D eigenvalue weighted by Crippen LogP contribution is 2.20. The lowest BCUT2D eigenvalue weighted by molar-refractivity contribution is -0.143. The number of carboxylic acid groups (broad SMARTS) is 1. The van der Waals surface area contributed by atoms with Gasteiger partial charge in [0.1, 0.15) is 0 Å². The van der Waals surface area contributed by atoms with E-state index in [0.717, 1.165) is 0 Å². The highest BCUT2D eigenvalue weighted by Gasteiger charge is 2.28. The quantitative estimate of drug-likeness (QED) is 0.786. The zero-order valence-corrected chi connectivity index (χ0v) is 13.9. The Balaban J connectivity index is 2.06.